The van der Waals surface area contributed by atoms with Crippen molar-refractivity contribution in [1.82, 2.24) is 0 Å². The Hall–Kier alpha value is -0.740. The van der Waals surface area contributed by atoms with Crippen LogP contribution >= 0.6 is 0 Å². The maximum absolute atomic E-state index is 13.2. The predicted octanol–water partition coefficient (Wildman–Crippen LogP) is 3.22. The topological polar surface area (TPSA) is 37.3 Å². The molecule has 0 radical (unpaired) electrons. The van der Waals surface area contributed by atoms with Gasteiger partial charge in [0.25, 0.3) is 0 Å². The van der Waals surface area contributed by atoms with Gasteiger partial charge in [-0.25, -0.2) is 0 Å². The molecule has 96 valence electrons. The van der Waals surface area contributed by atoms with Gasteiger partial charge in [0.2, 0.25) is 0 Å². The molecule has 0 unspecified atom stereocenters. The Balaban J connectivity index is 2.03. The predicted molar refractivity (Wildman–Crippen MR) is 53.2 cm³/mol. The van der Waals surface area contributed by atoms with Crippen molar-refractivity contribution in [2.45, 2.75) is 44.7 Å². The van der Waals surface area contributed by atoms with Gasteiger partial charge in [0.15, 0.2) is 0 Å². The first kappa shape index (κ1) is 11.4. The molecule has 1 N–H and O–H groups in total. The van der Waals surface area contributed by atoms with Crippen molar-refractivity contribution in [3.63, 3.8) is 0 Å². The van der Waals surface area contributed by atoms with E-state index in [1.807, 2.05) is 0 Å². The molecule has 17 heavy (non-hydrogen) atoms. The summed E-state index contributed by atoms with van der Waals surface area (Å²) in [6, 6.07) is 0. The molecule has 4 fully saturated rings. The highest BCUT2D eigenvalue weighted by Gasteiger charge is 2.69. The van der Waals surface area contributed by atoms with E-state index >= 15 is 0 Å². The maximum Gasteiger partial charge on any atom is 0.394 e. The van der Waals surface area contributed by atoms with Crippen LogP contribution in [0, 0.1) is 22.7 Å². The fraction of sp³-hybridized carbons (Fsp3) is 0.917. The minimum absolute atomic E-state index is 0.0334. The second-order valence-electron chi connectivity index (χ2n) is 6.32. The number of alkyl halides is 3. The van der Waals surface area contributed by atoms with Crippen LogP contribution in [-0.4, -0.2) is 17.3 Å². The van der Waals surface area contributed by atoms with Crippen LogP contribution in [0.5, 0.6) is 0 Å². The van der Waals surface area contributed by atoms with Crippen LogP contribution in [0.1, 0.15) is 38.5 Å². The summed E-state index contributed by atoms with van der Waals surface area (Å²) in [7, 11) is 0. The minimum Gasteiger partial charge on any atom is -0.481 e. The molecular formula is C12H15F3O2. The van der Waals surface area contributed by atoms with Crippen molar-refractivity contribution in [1.29, 1.82) is 0 Å². The SMILES string of the molecule is O=C(O)C12C[C@H]3C[C@H](C1)CC(C(F)(F)F)(C3)C2. The molecule has 0 heterocycles. The lowest BCUT2D eigenvalue weighted by Gasteiger charge is -2.60. The molecule has 2 nitrogen and oxygen atoms in total. The third-order valence-electron chi connectivity index (χ3n) is 5.12. The lowest BCUT2D eigenvalue weighted by molar-refractivity contribution is -0.285. The Labute approximate surface area is 97.2 Å². The molecule has 0 aliphatic heterocycles. The largest absolute Gasteiger partial charge is 0.481 e. The van der Waals surface area contributed by atoms with Crippen LogP contribution in [0.25, 0.3) is 0 Å². The molecule has 4 aliphatic carbocycles. The zero-order chi connectivity index (χ0) is 12.5. The van der Waals surface area contributed by atoms with Crippen molar-refractivity contribution in [2.24, 2.45) is 22.7 Å². The molecule has 0 aromatic heterocycles. The first-order valence-corrected chi connectivity index (χ1v) is 6.07. The molecule has 4 saturated carbocycles. The Bertz CT molecular complexity index is 360. The highest BCUT2D eigenvalue weighted by molar-refractivity contribution is 5.75. The smallest absolute Gasteiger partial charge is 0.394 e. The summed E-state index contributed by atoms with van der Waals surface area (Å²) >= 11 is 0. The molecule has 0 aromatic carbocycles. The van der Waals surface area contributed by atoms with Gasteiger partial charge in [-0.2, -0.15) is 13.2 Å². The quantitative estimate of drug-likeness (QED) is 0.773. The number of carbonyl (C=O) groups is 1. The zero-order valence-electron chi connectivity index (χ0n) is 9.39. The summed E-state index contributed by atoms with van der Waals surface area (Å²) in [5.74, 6) is -1.08. The minimum atomic E-state index is -4.24. The number of hydrogen-bond donors (Lipinski definition) is 1. The van der Waals surface area contributed by atoms with E-state index in [9.17, 15) is 23.1 Å². The summed E-state index contributed by atoms with van der Waals surface area (Å²) < 4.78 is 39.7. The number of aliphatic carboxylic acids is 1. The average molecular weight is 248 g/mol. The van der Waals surface area contributed by atoms with E-state index in [1.54, 1.807) is 0 Å². The zero-order valence-corrected chi connectivity index (χ0v) is 9.39. The average Bonchev–Trinajstić information content (AvgIpc) is 2.13. The fourth-order valence-corrected chi connectivity index (χ4v) is 4.84. The van der Waals surface area contributed by atoms with Crippen molar-refractivity contribution >= 4 is 5.97 Å². The van der Waals surface area contributed by atoms with E-state index in [4.69, 9.17) is 0 Å². The van der Waals surface area contributed by atoms with Gasteiger partial charge < -0.3 is 5.11 Å². The second kappa shape index (κ2) is 2.98. The molecule has 0 saturated heterocycles. The normalized spacial score (nSPS) is 48.4. The van der Waals surface area contributed by atoms with Crippen LogP contribution in [0.3, 0.4) is 0 Å². The van der Waals surface area contributed by atoms with Crippen LogP contribution in [0.15, 0.2) is 0 Å². The third kappa shape index (κ3) is 1.37. The summed E-state index contributed by atoms with van der Waals surface area (Å²) in [5.41, 5.74) is -2.78. The molecule has 0 aromatic rings. The molecule has 0 spiro atoms. The molecule has 0 amide bonds. The van der Waals surface area contributed by atoms with E-state index < -0.39 is 23.0 Å². The van der Waals surface area contributed by atoms with Gasteiger partial charge in [0.1, 0.15) is 0 Å². The Morgan fingerprint density at radius 2 is 1.65 bits per heavy atom. The molecule has 4 bridgehead atoms. The number of halogens is 3. The molecule has 4 aliphatic rings. The molecule has 2 atom stereocenters. The van der Waals surface area contributed by atoms with Crippen molar-refractivity contribution in [3.05, 3.63) is 0 Å². The molecular weight excluding hydrogens is 233 g/mol. The van der Waals surface area contributed by atoms with Gasteiger partial charge in [0, 0.05) is 0 Å². The lowest BCUT2D eigenvalue weighted by atomic mass is 9.44. The second-order valence-corrected chi connectivity index (χ2v) is 6.32. The number of rotatable bonds is 1. The molecule has 5 heteroatoms. The van der Waals surface area contributed by atoms with E-state index in [-0.39, 0.29) is 31.1 Å². The van der Waals surface area contributed by atoms with Gasteiger partial charge in [-0.3, -0.25) is 4.79 Å². The monoisotopic (exact) mass is 248 g/mol. The summed E-state index contributed by atoms with van der Waals surface area (Å²) in [4.78, 5) is 11.4. The van der Waals surface area contributed by atoms with Gasteiger partial charge in [-0.05, 0) is 50.4 Å². The van der Waals surface area contributed by atoms with Crippen molar-refractivity contribution in [2.75, 3.05) is 0 Å². The van der Waals surface area contributed by atoms with Crippen LogP contribution < -0.4 is 0 Å². The fourth-order valence-electron chi connectivity index (χ4n) is 4.84. The lowest BCUT2D eigenvalue weighted by Crippen LogP contribution is -2.59. The maximum atomic E-state index is 13.2. The van der Waals surface area contributed by atoms with Gasteiger partial charge in [-0.1, -0.05) is 0 Å². The Kier molecular flexibility index (Phi) is 1.99. The van der Waals surface area contributed by atoms with Crippen LogP contribution in [-0.2, 0) is 4.79 Å². The summed E-state index contributed by atoms with van der Waals surface area (Å²) in [6.07, 6.45) is -2.42. The van der Waals surface area contributed by atoms with E-state index in [0.29, 0.717) is 12.8 Å². The summed E-state index contributed by atoms with van der Waals surface area (Å²) in [5, 5.41) is 9.29. The first-order chi connectivity index (χ1) is 7.76. The van der Waals surface area contributed by atoms with Crippen molar-refractivity contribution < 1.29 is 23.1 Å². The van der Waals surface area contributed by atoms with E-state index in [0.717, 1.165) is 6.42 Å². The number of hydrogen-bond acceptors (Lipinski definition) is 1. The highest BCUT2D eigenvalue weighted by atomic mass is 19.4. The van der Waals surface area contributed by atoms with E-state index in [2.05, 4.69) is 0 Å². The summed E-state index contributed by atoms with van der Waals surface area (Å²) in [6.45, 7) is 0. The van der Waals surface area contributed by atoms with Gasteiger partial charge in [-0.15, -0.1) is 0 Å². The Morgan fingerprint density at radius 1 is 1.12 bits per heavy atom. The van der Waals surface area contributed by atoms with Gasteiger partial charge >= 0.3 is 12.1 Å². The van der Waals surface area contributed by atoms with Crippen LogP contribution in [0.2, 0.25) is 0 Å². The number of carboxylic acids is 1. The van der Waals surface area contributed by atoms with Gasteiger partial charge in [0.05, 0.1) is 10.8 Å². The van der Waals surface area contributed by atoms with Crippen LogP contribution in [0.4, 0.5) is 13.2 Å². The van der Waals surface area contributed by atoms with E-state index in [1.165, 1.54) is 0 Å². The standard InChI is InChI=1S/C12H15F3O2/c13-12(14,15)11-4-7-1-8(5-11)3-10(2-7,6-11)9(16)17/h7-8H,1-6H2,(H,16,17)/t7-,8-,10?,11?/m1/s1. The van der Waals surface area contributed by atoms with Crippen molar-refractivity contribution in [3.8, 4) is 0 Å². The highest BCUT2D eigenvalue weighted by Crippen LogP contribution is 2.69. The number of carboxylic acid groups (broad SMARTS) is 1. The first-order valence-electron chi connectivity index (χ1n) is 6.07. The third-order valence-corrected chi connectivity index (χ3v) is 5.12. The Morgan fingerprint density at radius 3 is 2.06 bits per heavy atom. The molecule has 4 rings (SSSR count).